The molecule has 94 valence electrons. The highest BCUT2D eigenvalue weighted by atomic mass is 16.5. The lowest BCUT2D eigenvalue weighted by Crippen LogP contribution is -2.45. The van der Waals surface area contributed by atoms with Crippen molar-refractivity contribution in [1.82, 2.24) is 0 Å². The molecule has 0 radical (unpaired) electrons. The normalized spacial score (nSPS) is 30.4. The topological polar surface area (TPSA) is 46.5 Å². The van der Waals surface area contributed by atoms with E-state index in [2.05, 4.69) is 13.8 Å². The van der Waals surface area contributed by atoms with Gasteiger partial charge in [-0.1, -0.05) is 26.7 Å². The average molecular weight is 228 g/mol. The first kappa shape index (κ1) is 13.5. The van der Waals surface area contributed by atoms with Crippen molar-refractivity contribution in [2.75, 3.05) is 6.61 Å². The van der Waals surface area contributed by atoms with Gasteiger partial charge in [-0.15, -0.1) is 0 Å². The summed E-state index contributed by atoms with van der Waals surface area (Å²) in [6.45, 7) is 6.42. The third kappa shape index (κ3) is 3.21. The smallest absolute Gasteiger partial charge is 0.308 e. The molecule has 2 unspecified atom stereocenters. The lowest BCUT2D eigenvalue weighted by atomic mass is 9.69. The summed E-state index contributed by atoms with van der Waals surface area (Å²) >= 11 is 0. The molecule has 3 heteroatoms. The Hall–Kier alpha value is -0.570. The van der Waals surface area contributed by atoms with Crippen molar-refractivity contribution in [3.63, 3.8) is 0 Å². The number of carbonyl (C=O) groups excluding carboxylic acids is 1. The lowest BCUT2D eigenvalue weighted by Gasteiger charge is -2.41. The monoisotopic (exact) mass is 228 g/mol. The van der Waals surface area contributed by atoms with Crippen LogP contribution in [0.2, 0.25) is 0 Å². The van der Waals surface area contributed by atoms with Crippen molar-refractivity contribution < 1.29 is 14.6 Å². The molecule has 1 aliphatic carbocycles. The van der Waals surface area contributed by atoms with E-state index in [1.807, 2.05) is 0 Å². The first-order chi connectivity index (χ1) is 7.49. The van der Waals surface area contributed by atoms with E-state index in [0.717, 1.165) is 25.7 Å². The molecule has 0 saturated heterocycles. The van der Waals surface area contributed by atoms with Crippen LogP contribution >= 0.6 is 0 Å². The van der Waals surface area contributed by atoms with Crippen LogP contribution in [0.3, 0.4) is 0 Å². The van der Waals surface area contributed by atoms with Crippen LogP contribution in [-0.2, 0) is 9.53 Å². The average Bonchev–Trinajstić information content (AvgIpc) is 2.17. The zero-order valence-electron chi connectivity index (χ0n) is 10.7. The lowest BCUT2D eigenvalue weighted by molar-refractivity contribution is -0.154. The Morgan fingerprint density at radius 3 is 2.75 bits per heavy atom. The maximum Gasteiger partial charge on any atom is 0.308 e. The molecule has 1 N–H and O–H groups in total. The van der Waals surface area contributed by atoms with Crippen molar-refractivity contribution in [3.8, 4) is 0 Å². The maximum atomic E-state index is 11.5. The molecule has 0 aromatic heterocycles. The number of hydrogen-bond acceptors (Lipinski definition) is 3. The van der Waals surface area contributed by atoms with Crippen molar-refractivity contribution in [2.45, 2.75) is 58.5 Å². The fourth-order valence-corrected chi connectivity index (χ4v) is 2.88. The molecule has 1 saturated carbocycles. The summed E-state index contributed by atoms with van der Waals surface area (Å²) in [7, 11) is 0. The van der Waals surface area contributed by atoms with E-state index in [-0.39, 0.29) is 18.3 Å². The minimum absolute atomic E-state index is 0.156. The second-order valence-corrected chi connectivity index (χ2v) is 5.18. The fourth-order valence-electron chi connectivity index (χ4n) is 2.88. The zero-order valence-corrected chi connectivity index (χ0v) is 10.7. The van der Waals surface area contributed by atoms with Gasteiger partial charge >= 0.3 is 5.97 Å². The predicted octanol–water partition coefficient (Wildman–Crippen LogP) is 2.52. The third-order valence-corrected chi connectivity index (χ3v) is 3.63. The van der Waals surface area contributed by atoms with Crippen molar-refractivity contribution in [2.24, 2.45) is 11.8 Å². The molecule has 1 aliphatic rings. The highest BCUT2D eigenvalue weighted by Crippen LogP contribution is 2.40. The Kier molecular flexibility index (Phi) is 4.78. The molecular formula is C13H24O3. The van der Waals surface area contributed by atoms with E-state index < -0.39 is 5.60 Å². The first-order valence-electron chi connectivity index (χ1n) is 6.37. The molecule has 0 heterocycles. The predicted molar refractivity (Wildman–Crippen MR) is 63.0 cm³/mol. The van der Waals surface area contributed by atoms with E-state index in [4.69, 9.17) is 4.74 Å². The summed E-state index contributed by atoms with van der Waals surface area (Å²) in [5, 5.41) is 10.6. The summed E-state index contributed by atoms with van der Waals surface area (Å²) in [6, 6.07) is 0. The molecule has 0 aromatic carbocycles. The van der Waals surface area contributed by atoms with Crippen LogP contribution in [0, 0.1) is 11.8 Å². The summed E-state index contributed by atoms with van der Waals surface area (Å²) in [6.07, 6.45) is 4.08. The van der Waals surface area contributed by atoms with Gasteiger partial charge in [-0.05, 0) is 31.6 Å². The van der Waals surface area contributed by atoms with Gasteiger partial charge in [0.25, 0.3) is 0 Å². The summed E-state index contributed by atoms with van der Waals surface area (Å²) in [5.41, 5.74) is -0.835. The molecular weight excluding hydrogens is 204 g/mol. The molecule has 1 fully saturated rings. The van der Waals surface area contributed by atoms with Crippen molar-refractivity contribution >= 4 is 5.97 Å². The second kappa shape index (κ2) is 5.67. The molecule has 3 nitrogen and oxygen atoms in total. The molecule has 1 rings (SSSR count). The molecule has 0 bridgehead atoms. The van der Waals surface area contributed by atoms with Crippen LogP contribution in [0.15, 0.2) is 0 Å². The van der Waals surface area contributed by atoms with Crippen LogP contribution < -0.4 is 0 Å². The van der Waals surface area contributed by atoms with Gasteiger partial charge < -0.3 is 9.84 Å². The minimum Gasteiger partial charge on any atom is -0.466 e. The highest BCUT2D eigenvalue weighted by molar-refractivity contribution is 5.70. The summed E-state index contributed by atoms with van der Waals surface area (Å²) in [4.78, 5) is 11.5. The van der Waals surface area contributed by atoms with Crippen LogP contribution in [0.25, 0.3) is 0 Å². The second-order valence-electron chi connectivity index (χ2n) is 5.18. The summed E-state index contributed by atoms with van der Waals surface area (Å²) < 4.78 is 4.94. The van der Waals surface area contributed by atoms with Gasteiger partial charge in [-0.25, -0.2) is 0 Å². The van der Waals surface area contributed by atoms with Crippen molar-refractivity contribution in [3.05, 3.63) is 0 Å². The SMILES string of the molecule is CCOC(=O)CC1(O)CCCCC1C(C)C. The largest absolute Gasteiger partial charge is 0.466 e. The highest BCUT2D eigenvalue weighted by Gasteiger charge is 2.42. The maximum absolute atomic E-state index is 11.5. The van der Waals surface area contributed by atoms with Gasteiger partial charge in [0.2, 0.25) is 0 Å². The van der Waals surface area contributed by atoms with Crippen LogP contribution in [0.5, 0.6) is 0 Å². The minimum atomic E-state index is -0.835. The Balaban J connectivity index is 2.66. The van der Waals surface area contributed by atoms with E-state index in [1.54, 1.807) is 6.92 Å². The van der Waals surface area contributed by atoms with Crippen LogP contribution in [0.4, 0.5) is 0 Å². The fraction of sp³-hybridized carbons (Fsp3) is 0.923. The molecule has 2 atom stereocenters. The van der Waals surface area contributed by atoms with Crippen LogP contribution in [-0.4, -0.2) is 23.3 Å². The Morgan fingerprint density at radius 1 is 1.50 bits per heavy atom. The van der Waals surface area contributed by atoms with E-state index in [1.165, 1.54) is 0 Å². The quantitative estimate of drug-likeness (QED) is 0.752. The summed E-state index contributed by atoms with van der Waals surface area (Å²) in [5.74, 6) is 0.378. The zero-order chi connectivity index (χ0) is 12.2. The molecule has 0 aromatic rings. The van der Waals surface area contributed by atoms with Gasteiger partial charge in [0, 0.05) is 0 Å². The molecule has 0 amide bonds. The Labute approximate surface area is 98.2 Å². The molecule has 0 aliphatic heterocycles. The number of hydrogen-bond donors (Lipinski definition) is 1. The van der Waals surface area contributed by atoms with E-state index in [9.17, 15) is 9.90 Å². The third-order valence-electron chi connectivity index (χ3n) is 3.63. The number of ether oxygens (including phenoxy) is 1. The standard InChI is InChI=1S/C13H24O3/c1-4-16-12(14)9-13(15)8-6-5-7-11(13)10(2)3/h10-11,15H,4-9H2,1-3H3. The first-order valence-corrected chi connectivity index (χ1v) is 6.37. The van der Waals surface area contributed by atoms with E-state index in [0.29, 0.717) is 12.5 Å². The number of aliphatic hydroxyl groups is 1. The number of carbonyl (C=O) groups is 1. The molecule has 16 heavy (non-hydrogen) atoms. The number of rotatable bonds is 4. The van der Waals surface area contributed by atoms with E-state index >= 15 is 0 Å². The van der Waals surface area contributed by atoms with Gasteiger partial charge in [0.05, 0.1) is 18.6 Å². The Morgan fingerprint density at radius 2 is 2.19 bits per heavy atom. The number of esters is 1. The Bertz CT molecular complexity index is 237. The van der Waals surface area contributed by atoms with Gasteiger partial charge in [-0.3, -0.25) is 4.79 Å². The molecule has 0 spiro atoms. The van der Waals surface area contributed by atoms with Crippen molar-refractivity contribution in [1.29, 1.82) is 0 Å². The van der Waals surface area contributed by atoms with Crippen LogP contribution in [0.1, 0.15) is 52.9 Å². The van der Waals surface area contributed by atoms with Gasteiger partial charge in [-0.2, -0.15) is 0 Å². The van der Waals surface area contributed by atoms with Gasteiger partial charge in [0.15, 0.2) is 0 Å². The van der Waals surface area contributed by atoms with Gasteiger partial charge in [0.1, 0.15) is 0 Å².